The molecule has 8 nitrogen and oxygen atoms in total. The molecule has 0 amide bonds. The van der Waals surface area contributed by atoms with Crippen molar-refractivity contribution in [2.45, 2.75) is 24.4 Å². The van der Waals surface area contributed by atoms with E-state index in [4.69, 9.17) is 0 Å². The van der Waals surface area contributed by atoms with Crippen molar-refractivity contribution in [2.24, 2.45) is 0 Å². The number of benzene rings is 2. The molecule has 0 saturated carbocycles. The smallest absolute Gasteiger partial charge is 0.416 e. The Kier molecular flexibility index (Phi) is 6.02. The first kappa shape index (κ1) is 22.3. The lowest BCUT2D eigenvalue weighted by Gasteiger charge is -2.17. The standard InChI is InChI=1S/C19H17F3N4O4S/c1-3-12-4-5-13(18(27)30-2)8-17(12)31(28,29)25-15-9-14(19(20,21)22)6-7-16(15)26-11-23-10-24-26/h4-11,25H,3H2,1-2H3. The van der Waals surface area contributed by atoms with Crippen LogP contribution in [0.25, 0.3) is 5.69 Å². The highest BCUT2D eigenvalue weighted by atomic mass is 32.2. The molecule has 0 radical (unpaired) electrons. The Morgan fingerprint density at radius 2 is 1.94 bits per heavy atom. The van der Waals surface area contributed by atoms with Gasteiger partial charge in [0.2, 0.25) is 0 Å². The topological polar surface area (TPSA) is 103 Å². The molecule has 0 atom stereocenters. The number of aromatic nitrogens is 3. The number of alkyl halides is 3. The molecule has 0 spiro atoms. The van der Waals surface area contributed by atoms with Gasteiger partial charge in [0.15, 0.2) is 0 Å². The molecular weight excluding hydrogens is 437 g/mol. The van der Waals surface area contributed by atoms with Gasteiger partial charge in [-0.1, -0.05) is 13.0 Å². The third-order valence-corrected chi connectivity index (χ3v) is 5.84. The summed E-state index contributed by atoms with van der Waals surface area (Å²) in [6, 6.07) is 6.55. The second-order valence-electron chi connectivity index (χ2n) is 6.34. The molecule has 3 aromatic rings. The van der Waals surface area contributed by atoms with Crippen molar-refractivity contribution >= 4 is 21.7 Å². The number of carbonyl (C=O) groups is 1. The Morgan fingerprint density at radius 1 is 1.19 bits per heavy atom. The lowest BCUT2D eigenvalue weighted by molar-refractivity contribution is -0.137. The number of halogens is 3. The van der Waals surface area contributed by atoms with Gasteiger partial charge in [-0.15, -0.1) is 0 Å². The zero-order valence-corrected chi connectivity index (χ0v) is 17.2. The first-order valence-electron chi connectivity index (χ1n) is 8.87. The molecule has 1 heterocycles. The molecule has 0 fully saturated rings. The summed E-state index contributed by atoms with van der Waals surface area (Å²) in [5.74, 6) is -0.749. The van der Waals surface area contributed by atoms with Crippen molar-refractivity contribution in [1.82, 2.24) is 14.8 Å². The summed E-state index contributed by atoms with van der Waals surface area (Å²) in [4.78, 5) is 15.3. The Balaban J connectivity index is 2.14. The average molecular weight is 454 g/mol. The number of hydrogen-bond donors (Lipinski definition) is 1. The summed E-state index contributed by atoms with van der Waals surface area (Å²) in [6.45, 7) is 1.71. The van der Waals surface area contributed by atoms with Crippen molar-refractivity contribution in [2.75, 3.05) is 11.8 Å². The number of ether oxygens (including phenoxy) is 1. The highest BCUT2D eigenvalue weighted by Gasteiger charge is 2.32. The molecule has 3 rings (SSSR count). The molecule has 0 bridgehead atoms. The van der Waals surface area contributed by atoms with Crippen LogP contribution in [0.5, 0.6) is 0 Å². The highest BCUT2D eigenvalue weighted by molar-refractivity contribution is 7.92. The van der Waals surface area contributed by atoms with Gasteiger partial charge >= 0.3 is 12.1 Å². The molecule has 12 heteroatoms. The fraction of sp³-hybridized carbons (Fsp3) is 0.211. The fourth-order valence-electron chi connectivity index (χ4n) is 2.87. The minimum Gasteiger partial charge on any atom is -0.465 e. The number of rotatable bonds is 6. The van der Waals surface area contributed by atoms with Crippen LogP contribution in [0.3, 0.4) is 0 Å². The monoisotopic (exact) mass is 454 g/mol. The summed E-state index contributed by atoms with van der Waals surface area (Å²) in [6.07, 6.45) is -2.02. The molecule has 0 aliphatic carbocycles. The van der Waals surface area contributed by atoms with Gasteiger partial charge in [-0.3, -0.25) is 4.72 Å². The number of sulfonamides is 1. The zero-order valence-electron chi connectivity index (χ0n) is 16.3. The van der Waals surface area contributed by atoms with Gasteiger partial charge < -0.3 is 4.74 Å². The second kappa shape index (κ2) is 8.38. The third kappa shape index (κ3) is 4.68. The van der Waals surface area contributed by atoms with E-state index in [1.165, 1.54) is 18.5 Å². The van der Waals surface area contributed by atoms with Crippen LogP contribution >= 0.6 is 0 Å². The van der Waals surface area contributed by atoms with Gasteiger partial charge in [-0.2, -0.15) is 18.3 Å². The van der Waals surface area contributed by atoms with Crippen LogP contribution in [0.15, 0.2) is 53.9 Å². The van der Waals surface area contributed by atoms with Gasteiger partial charge in [-0.25, -0.2) is 22.9 Å². The maximum absolute atomic E-state index is 13.2. The van der Waals surface area contributed by atoms with Gasteiger partial charge in [0.25, 0.3) is 10.0 Å². The molecule has 0 aliphatic heterocycles. The van der Waals surface area contributed by atoms with Crippen LogP contribution in [0.2, 0.25) is 0 Å². The van der Waals surface area contributed by atoms with Crippen molar-refractivity contribution in [3.63, 3.8) is 0 Å². The Bertz CT molecular complexity index is 1210. The average Bonchev–Trinajstić information content (AvgIpc) is 3.26. The van der Waals surface area contributed by atoms with Crippen LogP contribution in [0.1, 0.15) is 28.4 Å². The third-order valence-electron chi connectivity index (χ3n) is 4.39. The molecule has 164 valence electrons. The summed E-state index contributed by atoms with van der Waals surface area (Å²) >= 11 is 0. The normalized spacial score (nSPS) is 11.9. The number of anilines is 1. The lowest BCUT2D eigenvalue weighted by Crippen LogP contribution is -2.18. The Hall–Kier alpha value is -3.41. The number of methoxy groups -OCH3 is 1. The van der Waals surface area contributed by atoms with Crippen molar-refractivity contribution in [3.05, 3.63) is 65.7 Å². The van der Waals surface area contributed by atoms with E-state index < -0.39 is 27.7 Å². The van der Waals surface area contributed by atoms with E-state index in [0.29, 0.717) is 18.1 Å². The quantitative estimate of drug-likeness (QED) is 0.573. The van der Waals surface area contributed by atoms with Crippen LogP contribution < -0.4 is 4.72 Å². The molecule has 1 aromatic heterocycles. The summed E-state index contributed by atoms with van der Waals surface area (Å²) in [5, 5.41) is 3.85. The zero-order chi connectivity index (χ0) is 22.8. The number of hydrogen-bond acceptors (Lipinski definition) is 6. The molecule has 0 unspecified atom stereocenters. The number of aryl methyl sites for hydroxylation is 1. The lowest BCUT2D eigenvalue weighted by atomic mass is 10.1. The van der Waals surface area contributed by atoms with Crippen LogP contribution in [0, 0.1) is 0 Å². The molecule has 31 heavy (non-hydrogen) atoms. The van der Waals surface area contributed by atoms with E-state index in [-0.39, 0.29) is 21.8 Å². The van der Waals surface area contributed by atoms with E-state index in [2.05, 4.69) is 19.5 Å². The number of nitrogens with one attached hydrogen (secondary N) is 1. The maximum atomic E-state index is 13.2. The van der Waals surface area contributed by atoms with Gasteiger partial charge in [0.05, 0.1) is 34.5 Å². The van der Waals surface area contributed by atoms with Crippen LogP contribution in [-0.2, 0) is 27.4 Å². The molecular formula is C19H17F3N4O4S. The maximum Gasteiger partial charge on any atom is 0.416 e. The number of carbonyl (C=O) groups excluding carboxylic acids is 1. The number of nitrogens with zero attached hydrogens (tertiary/aromatic N) is 3. The van der Waals surface area contributed by atoms with Crippen molar-refractivity contribution in [3.8, 4) is 5.69 Å². The summed E-state index contributed by atoms with van der Waals surface area (Å²) in [7, 11) is -3.23. The van der Waals surface area contributed by atoms with E-state index in [9.17, 15) is 26.4 Å². The largest absolute Gasteiger partial charge is 0.465 e. The Morgan fingerprint density at radius 3 is 2.52 bits per heavy atom. The van der Waals surface area contributed by atoms with Crippen molar-refractivity contribution in [1.29, 1.82) is 0 Å². The minimum absolute atomic E-state index is 0.0133. The second-order valence-corrected chi connectivity index (χ2v) is 7.99. The molecule has 1 N–H and O–H groups in total. The van der Waals surface area contributed by atoms with Gasteiger partial charge in [0, 0.05) is 0 Å². The van der Waals surface area contributed by atoms with Crippen LogP contribution in [0.4, 0.5) is 18.9 Å². The fourth-order valence-corrected chi connectivity index (χ4v) is 4.27. The predicted octanol–water partition coefficient (Wildman–Crippen LogP) is 3.44. The van der Waals surface area contributed by atoms with Crippen molar-refractivity contribution < 1.29 is 31.1 Å². The first-order valence-corrected chi connectivity index (χ1v) is 10.4. The predicted molar refractivity (Wildman–Crippen MR) is 104 cm³/mol. The Labute approximate surface area is 175 Å². The molecule has 0 aliphatic rings. The van der Waals surface area contributed by atoms with E-state index in [1.807, 2.05) is 0 Å². The highest BCUT2D eigenvalue weighted by Crippen LogP contribution is 2.34. The van der Waals surface area contributed by atoms with Gasteiger partial charge in [-0.05, 0) is 42.3 Å². The molecule has 0 saturated heterocycles. The van der Waals surface area contributed by atoms with E-state index in [0.717, 1.165) is 36.3 Å². The number of esters is 1. The first-order chi connectivity index (χ1) is 14.6. The molecule has 2 aromatic carbocycles. The van der Waals surface area contributed by atoms with E-state index >= 15 is 0 Å². The van der Waals surface area contributed by atoms with Crippen LogP contribution in [-0.4, -0.2) is 36.3 Å². The van der Waals surface area contributed by atoms with E-state index in [1.54, 1.807) is 6.92 Å². The SMILES string of the molecule is CCc1ccc(C(=O)OC)cc1S(=O)(=O)Nc1cc(C(F)(F)F)ccc1-n1cncn1. The summed E-state index contributed by atoms with van der Waals surface area (Å²) < 4.78 is 73.9. The minimum atomic E-state index is -4.69. The summed E-state index contributed by atoms with van der Waals surface area (Å²) in [5.41, 5.74) is -1.01. The van der Waals surface area contributed by atoms with Gasteiger partial charge in [0.1, 0.15) is 12.7 Å².